The van der Waals surface area contributed by atoms with E-state index in [1.54, 1.807) is 6.20 Å². The molecular weight excluding hydrogens is 282 g/mol. The van der Waals surface area contributed by atoms with Crippen molar-refractivity contribution in [2.75, 3.05) is 0 Å². The molecule has 0 unspecified atom stereocenters. The van der Waals surface area contributed by atoms with E-state index in [1.165, 1.54) is 11.1 Å². The zero-order chi connectivity index (χ0) is 16.1. The minimum Gasteiger partial charge on any atom is -0.294 e. The van der Waals surface area contributed by atoms with Crippen LogP contribution in [0.4, 0.5) is 0 Å². The number of benzene rings is 2. The van der Waals surface area contributed by atoms with Gasteiger partial charge in [0.2, 0.25) is 0 Å². The van der Waals surface area contributed by atoms with E-state index < -0.39 is 0 Å². The van der Waals surface area contributed by atoms with Crippen molar-refractivity contribution in [1.82, 2.24) is 4.98 Å². The maximum Gasteiger partial charge on any atom is 0.163 e. The number of carbonyl (C=O) groups excluding carboxylic acids is 1. The summed E-state index contributed by atoms with van der Waals surface area (Å²) >= 11 is 0. The van der Waals surface area contributed by atoms with Gasteiger partial charge in [0.15, 0.2) is 5.78 Å². The van der Waals surface area contributed by atoms with Gasteiger partial charge >= 0.3 is 0 Å². The first-order valence-corrected chi connectivity index (χ1v) is 7.84. The van der Waals surface area contributed by atoms with Gasteiger partial charge in [0, 0.05) is 23.7 Å². The Hall–Kier alpha value is -2.74. The summed E-state index contributed by atoms with van der Waals surface area (Å²) in [5, 5.41) is 0. The molecule has 2 heteroatoms. The minimum atomic E-state index is 0.162. The lowest BCUT2D eigenvalue weighted by Crippen LogP contribution is -2.04. The minimum absolute atomic E-state index is 0.162. The molecule has 0 saturated carbocycles. The summed E-state index contributed by atoms with van der Waals surface area (Å²) in [6, 6.07) is 21.7. The molecule has 1 heterocycles. The van der Waals surface area contributed by atoms with E-state index in [9.17, 15) is 4.79 Å². The Balaban J connectivity index is 1.82. The number of pyridine rings is 1. The lowest BCUT2D eigenvalue weighted by atomic mass is 9.95. The average Bonchev–Trinajstić information content (AvgIpc) is 2.61. The van der Waals surface area contributed by atoms with Gasteiger partial charge in [-0.25, -0.2) is 0 Å². The molecule has 0 saturated heterocycles. The van der Waals surface area contributed by atoms with Crippen LogP contribution >= 0.6 is 0 Å². The maximum atomic E-state index is 12.7. The molecule has 114 valence electrons. The molecule has 0 amide bonds. The predicted molar refractivity (Wildman–Crippen MR) is 93.5 cm³/mol. The second kappa shape index (κ2) is 7.01. The Kier molecular flexibility index (Phi) is 4.62. The normalized spacial score (nSPS) is 10.5. The summed E-state index contributed by atoms with van der Waals surface area (Å²) in [5.74, 6) is 0.162. The van der Waals surface area contributed by atoms with Gasteiger partial charge in [-0.15, -0.1) is 0 Å². The molecule has 0 spiro atoms. The monoisotopic (exact) mass is 301 g/mol. The molecule has 0 radical (unpaired) electrons. The summed E-state index contributed by atoms with van der Waals surface area (Å²) in [6.07, 6.45) is 3.03. The van der Waals surface area contributed by atoms with Gasteiger partial charge in [-0.2, -0.15) is 0 Å². The number of carbonyl (C=O) groups is 1. The number of Topliss-reactive ketones (excluding diaryl/α,β-unsaturated/α-hetero) is 1. The number of aromatic nitrogens is 1. The second-order valence-corrected chi connectivity index (χ2v) is 5.61. The quantitative estimate of drug-likeness (QED) is 0.629. The molecule has 2 aromatic carbocycles. The van der Waals surface area contributed by atoms with Gasteiger partial charge < -0.3 is 0 Å². The Morgan fingerprint density at radius 1 is 0.913 bits per heavy atom. The van der Waals surface area contributed by atoms with Crippen LogP contribution in [0.2, 0.25) is 0 Å². The molecule has 23 heavy (non-hydrogen) atoms. The lowest BCUT2D eigenvalue weighted by molar-refractivity contribution is 0.0983. The zero-order valence-corrected chi connectivity index (χ0v) is 13.2. The molecule has 0 atom stereocenters. The fourth-order valence-corrected chi connectivity index (χ4v) is 2.75. The Morgan fingerprint density at radius 3 is 2.43 bits per heavy atom. The third-order valence-electron chi connectivity index (χ3n) is 4.05. The van der Waals surface area contributed by atoms with Gasteiger partial charge in [0.05, 0.1) is 5.69 Å². The van der Waals surface area contributed by atoms with Crippen LogP contribution in [0.1, 0.15) is 27.9 Å². The summed E-state index contributed by atoms with van der Waals surface area (Å²) in [6.45, 7) is 2.08. The highest BCUT2D eigenvalue weighted by molar-refractivity contribution is 6.02. The molecule has 3 rings (SSSR count). The molecule has 0 N–H and O–H groups in total. The highest BCUT2D eigenvalue weighted by Crippen LogP contribution is 2.23. The van der Waals surface area contributed by atoms with Crippen LogP contribution in [-0.2, 0) is 6.42 Å². The van der Waals surface area contributed by atoms with Crippen molar-refractivity contribution in [2.45, 2.75) is 19.8 Å². The van der Waals surface area contributed by atoms with E-state index in [2.05, 4.69) is 24.0 Å². The largest absolute Gasteiger partial charge is 0.294 e. The first kappa shape index (κ1) is 15.2. The fourth-order valence-electron chi connectivity index (χ4n) is 2.75. The third-order valence-corrected chi connectivity index (χ3v) is 4.05. The van der Waals surface area contributed by atoms with Crippen LogP contribution in [0.3, 0.4) is 0 Å². The molecule has 0 aliphatic rings. The molecular formula is C21H19NO. The summed E-state index contributed by atoms with van der Waals surface area (Å²) in [4.78, 5) is 17.1. The second-order valence-electron chi connectivity index (χ2n) is 5.61. The number of nitrogens with zero attached hydrogens (tertiary/aromatic N) is 1. The molecule has 2 nitrogen and oxygen atoms in total. The topological polar surface area (TPSA) is 30.0 Å². The van der Waals surface area contributed by atoms with Crippen molar-refractivity contribution >= 4 is 5.78 Å². The molecule has 1 aromatic heterocycles. The van der Waals surface area contributed by atoms with Crippen LogP contribution < -0.4 is 0 Å². The standard InChI is InChI=1S/C21H19NO/c1-16-8-2-3-9-17(16)13-14-21(23)19-11-5-4-10-18(19)20-12-6-7-15-22-20/h2-12,15H,13-14H2,1H3. The highest BCUT2D eigenvalue weighted by Gasteiger charge is 2.13. The molecule has 0 bridgehead atoms. The molecule has 3 aromatic rings. The van der Waals surface area contributed by atoms with E-state index in [0.29, 0.717) is 6.42 Å². The van der Waals surface area contributed by atoms with Crippen molar-refractivity contribution in [3.63, 3.8) is 0 Å². The Labute approximate surface area is 136 Å². The number of aryl methyl sites for hydroxylation is 2. The molecule has 0 fully saturated rings. The van der Waals surface area contributed by atoms with E-state index in [4.69, 9.17) is 0 Å². The van der Waals surface area contributed by atoms with Crippen LogP contribution in [0.5, 0.6) is 0 Å². The van der Waals surface area contributed by atoms with E-state index in [0.717, 1.165) is 23.2 Å². The van der Waals surface area contributed by atoms with Gasteiger partial charge in [-0.1, -0.05) is 54.6 Å². The van der Waals surface area contributed by atoms with Crippen molar-refractivity contribution < 1.29 is 4.79 Å². The summed E-state index contributed by atoms with van der Waals surface area (Å²) in [5.41, 5.74) is 4.96. The van der Waals surface area contributed by atoms with Gasteiger partial charge in [-0.3, -0.25) is 9.78 Å². The van der Waals surface area contributed by atoms with Crippen LogP contribution in [0.15, 0.2) is 72.9 Å². The number of hydrogen-bond acceptors (Lipinski definition) is 2. The number of hydrogen-bond donors (Lipinski definition) is 0. The first-order chi connectivity index (χ1) is 11.3. The van der Waals surface area contributed by atoms with Crippen molar-refractivity contribution in [1.29, 1.82) is 0 Å². The van der Waals surface area contributed by atoms with Crippen molar-refractivity contribution in [3.8, 4) is 11.3 Å². The number of ketones is 1. The van der Waals surface area contributed by atoms with Crippen LogP contribution in [-0.4, -0.2) is 10.8 Å². The zero-order valence-electron chi connectivity index (χ0n) is 13.2. The molecule has 0 aliphatic carbocycles. The number of rotatable bonds is 5. The van der Waals surface area contributed by atoms with Gasteiger partial charge in [0.1, 0.15) is 0 Å². The maximum absolute atomic E-state index is 12.7. The van der Waals surface area contributed by atoms with Crippen LogP contribution in [0, 0.1) is 6.92 Å². The predicted octanol–water partition coefficient (Wildman–Crippen LogP) is 4.87. The van der Waals surface area contributed by atoms with Crippen LogP contribution in [0.25, 0.3) is 11.3 Å². The van der Waals surface area contributed by atoms with E-state index in [-0.39, 0.29) is 5.78 Å². The first-order valence-electron chi connectivity index (χ1n) is 7.84. The lowest BCUT2D eigenvalue weighted by Gasteiger charge is -2.09. The van der Waals surface area contributed by atoms with Gasteiger partial charge in [-0.05, 0) is 36.6 Å². The van der Waals surface area contributed by atoms with Crippen molar-refractivity contribution in [3.05, 3.63) is 89.6 Å². The van der Waals surface area contributed by atoms with E-state index >= 15 is 0 Å². The smallest absolute Gasteiger partial charge is 0.163 e. The third kappa shape index (κ3) is 3.54. The SMILES string of the molecule is Cc1ccccc1CCC(=O)c1ccccc1-c1ccccn1. The van der Waals surface area contributed by atoms with Gasteiger partial charge in [0.25, 0.3) is 0 Å². The molecule has 0 aliphatic heterocycles. The highest BCUT2D eigenvalue weighted by atomic mass is 16.1. The van der Waals surface area contributed by atoms with E-state index in [1.807, 2.05) is 54.6 Å². The fraction of sp³-hybridized carbons (Fsp3) is 0.143. The van der Waals surface area contributed by atoms with Crippen molar-refractivity contribution in [2.24, 2.45) is 0 Å². The Bertz CT molecular complexity index is 809. The Morgan fingerprint density at radius 2 is 1.65 bits per heavy atom. The summed E-state index contributed by atoms with van der Waals surface area (Å²) < 4.78 is 0. The average molecular weight is 301 g/mol. The summed E-state index contributed by atoms with van der Waals surface area (Å²) in [7, 11) is 0.